The van der Waals surface area contributed by atoms with Gasteiger partial charge in [-0.2, -0.15) is 0 Å². The number of benzene rings is 2. The lowest BCUT2D eigenvalue weighted by Gasteiger charge is -2.29. The largest absolute Gasteiger partial charge is 0.345 e. The highest BCUT2D eigenvalue weighted by Gasteiger charge is 2.31. The average Bonchev–Trinajstić information content (AvgIpc) is 3.60. The molecule has 2 aromatic carbocycles. The number of amides is 6. The molecule has 13 nitrogen and oxygen atoms in total. The van der Waals surface area contributed by atoms with Crippen molar-refractivity contribution in [3.8, 4) is 0 Å². The van der Waals surface area contributed by atoms with E-state index < -0.39 is 78.4 Å². The highest BCUT2D eigenvalue weighted by atomic mass is 35.5. The van der Waals surface area contributed by atoms with Crippen molar-refractivity contribution < 1.29 is 33.2 Å². The molecule has 4 N–H and O–H groups in total. The molecule has 52 heavy (non-hydrogen) atoms. The van der Waals surface area contributed by atoms with E-state index in [-0.39, 0.29) is 35.3 Å². The third-order valence-corrected chi connectivity index (χ3v) is 9.86. The van der Waals surface area contributed by atoms with Crippen LogP contribution in [0.15, 0.2) is 53.9 Å². The van der Waals surface area contributed by atoms with Crippen LogP contribution in [-0.2, 0) is 36.8 Å². The summed E-state index contributed by atoms with van der Waals surface area (Å²) in [6, 6.07) is 9.53. The van der Waals surface area contributed by atoms with E-state index in [4.69, 9.17) is 11.6 Å². The number of halogens is 2. The molecule has 2 heterocycles. The van der Waals surface area contributed by atoms with Crippen molar-refractivity contribution in [1.82, 2.24) is 36.1 Å². The molecule has 0 unspecified atom stereocenters. The Morgan fingerprint density at radius 1 is 0.942 bits per heavy atom. The number of likely N-dealkylation sites (N-methyl/N-ethyl adjacent to an activating group) is 1. The van der Waals surface area contributed by atoms with Crippen LogP contribution in [0.3, 0.4) is 0 Å². The molecule has 0 aliphatic carbocycles. The van der Waals surface area contributed by atoms with Crippen molar-refractivity contribution in [3.63, 3.8) is 0 Å². The number of carbonyl (C=O) groups excluding carboxylic acids is 6. The number of rotatable bonds is 5. The summed E-state index contributed by atoms with van der Waals surface area (Å²) in [5, 5.41) is 12.8. The lowest BCUT2D eigenvalue weighted by atomic mass is 10.0. The maximum absolute atomic E-state index is 14.7. The molecule has 1 aliphatic heterocycles. The molecule has 16 heteroatoms. The van der Waals surface area contributed by atoms with Crippen LogP contribution >= 0.6 is 22.9 Å². The van der Waals surface area contributed by atoms with Crippen molar-refractivity contribution in [2.24, 2.45) is 5.92 Å². The fourth-order valence-corrected chi connectivity index (χ4v) is 6.58. The lowest BCUT2D eigenvalue weighted by Crippen LogP contribution is -2.57. The molecule has 0 spiro atoms. The predicted molar refractivity (Wildman–Crippen MR) is 194 cm³/mol. The highest BCUT2D eigenvalue weighted by Crippen LogP contribution is 2.24. The Morgan fingerprint density at radius 2 is 1.65 bits per heavy atom. The van der Waals surface area contributed by atoms with E-state index in [0.717, 1.165) is 16.9 Å². The van der Waals surface area contributed by atoms with Gasteiger partial charge in [0.2, 0.25) is 29.5 Å². The van der Waals surface area contributed by atoms with Crippen molar-refractivity contribution >= 4 is 58.4 Å². The van der Waals surface area contributed by atoms with E-state index in [1.165, 1.54) is 54.3 Å². The van der Waals surface area contributed by atoms with Gasteiger partial charge in [-0.3, -0.25) is 28.8 Å². The summed E-state index contributed by atoms with van der Waals surface area (Å²) in [5.41, 5.74) is 0.850. The van der Waals surface area contributed by atoms with Crippen LogP contribution < -0.4 is 21.3 Å². The molecular weight excluding hydrogens is 713 g/mol. The molecule has 3 aromatic rings. The second-order valence-corrected chi connectivity index (χ2v) is 14.3. The van der Waals surface area contributed by atoms with E-state index in [9.17, 15) is 33.2 Å². The van der Waals surface area contributed by atoms with Crippen LogP contribution in [0.2, 0.25) is 5.02 Å². The van der Waals surface area contributed by atoms with Gasteiger partial charge in [0.25, 0.3) is 5.91 Å². The summed E-state index contributed by atoms with van der Waals surface area (Å²) < 4.78 is 14.7. The summed E-state index contributed by atoms with van der Waals surface area (Å²) in [4.78, 5) is 87.3. The first-order valence-corrected chi connectivity index (χ1v) is 18.1. The molecule has 1 aliphatic rings. The van der Waals surface area contributed by atoms with Gasteiger partial charge >= 0.3 is 0 Å². The van der Waals surface area contributed by atoms with Gasteiger partial charge < -0.3 is 31.1 Å². The zero-order valence-electron chi connectivity index (χ0n) is 29.6. The minimum atomic E-state index is -1.05. The first kappa shape index (κ1) is 39.9. The molecule has 0 saturated carbocycles. The van der Waals surface area contributed by atoms with Gasteiger partial charge in [0.05, 0.1) is 19.0 Å². The van der Waals surface area contributed by atoms with Crippen LogP contribution in [-0.4, -0.2) is 95.0 Å². The third-order valence-electron chi connectivity index (χ3n) is 8.55. The molecule has 0 radical (unpaired) electrons. The Morgan fingerprint density at radius 3 is 2.33 bits per heavy atom. The van der Waals surface area contributed by atoms with Gasteiger partial charge in [-0.05, 0) is 43.9 Å². The number of hydrogen-bond donors (Lipinski definition) is 4. The van der Waals surface area contributed by atoms with E-state index in [1.807, 2.05) is 30.3 Å². The Balaban J connectivity index is 1.69. The molecule has 0 fully saturated rings. The Hall–Kier alpha value is -4.89. The zero-order valence-corrected chi connectivity index (χ0v) is 31.1. The summed E-state index contributed by atoms with van der Waals surface area (Å²) in [7, 11) is 1.49. The van der Waals surface area contributed by atoms with Crippen molar-refractivity contribution in [2.45, 2.75) is 64.7 Å². The number of nitrogens with zero attached hydrogens (tertiary/aromatic N) is 3. The second-order valence-electron chi connectivity index (χ2n) is 13.0. The monoisotopic (exact) mass is 755 g/mol. The fourth-order valence-electron chi connectivity index (χ4n) is 5.50. The molecule has 278 valence electrons. The van der Waals surface area contributed by atoms with Gasteiger partial charge in [-0.1, -0.05) is 61.8 Å². The minimum Gasteiger partial charge on any atom is -0.345 e. The molecule has 4 rings (SSSR count). The topological polar surface area (TPSA) is 170 Å². The Bertz CT molecular complexity index is 1770. The molecule has 6 amide bonds. The van der Waals surface area contributed by atoms with E-state index in [1.54, 1.807) is 13.8 Å². The molecule has 4 atom stereocenters. The first-order valence-electron chi connectivity index (χ1n) is 16.8. The third kappa shape index (κ3) is 10.6. The van der Waals surface area contributed by atoms with Crippen molar-refractivity contribution in [1.29, 1.82) is 0 Å². The summed E-state index contributed by atoms with van der Waals surface area (Å²) in [6.45, 7) is 5.80. The number of hydrogen-bond acceptors (Lipinski definition) is 8. The standard InChI is InChI=1S/C36H43ClFN7O6S/c1-20(2)31-34(50)40-22(4)36(51)44(5)14-15-45(30(47)17-24-25(37)12-9-13-26(24)38)18-29(46)41-27(16-23-10-7-6-8-11-23)35-42-28(19-52-35)33(49)39-21(3)32(48)43-31/h6-13,19-22,27,31H,14-18H2,1-5H3,(H,39,49)(H,40,50)(H,41,46)(H,43,48)/t21-,22+,27-,31-/m0/s1. The second kappa shape index (κ2) is 18.0. The van der Waals surface area contributed by atoms with Gasteiger partial charge in [0, 0.05) is 36.1 Å². The number of thiazole rings is 1. The van der Waals surface area contributed by atoms with Crippen LogP contribution in [0.5, 0.6) is 0 Å². The first-order chi connectivity index (χ1) is 24.6. The SMILES string of the molecule is CC(C)[C@@H]1NC(=O)[C@H](C)NC(=O)c2csc(n2)[C@H](Cc2ccccc2)NC(=O)CN(C(=O)Cc2c(F)cccc2Cl)CCN(C)C(=O)[C@@H](C)NC1=O. The lowest BCUT2D eigenvalue weighted by molar-refractivity contribution is -0.138. The van der Waals surface area contributed by atoms with Gasteiger partial charge in [-0.25, -0.2) is 9.37 Å². The van der Waals surface area contributed by atoms with Crippen LogP contribution in [0.4, 0.5) is 4.39 Å². The predicted octanol–water partition coefficient (Wildman–Crippen LogP) is 2.64. The molecule has 0 saturated heterocycles. The van der Waals surface area contributed by atoms with Crippen LogP contribution in [0.25, 0.3) is 0 Å². The van der Waals surface area contributed by atoms with Gasteiger partial charge in [-0.15, -0.1) is 11.3 Å². The van der Waals surface area contributed by atoms with Crippen LogP contribution in [0, 0.1) is 11.7 Å². The summed E-state index contributed by atoms with van der Waals surface area (Å²) in [6.07, 6.45) is -0.145. The average molecular weight is 756 g/mol. The normalized spacial score (nSPS) is 21.5. The number of nitrogens with one attached hydrogen (secondary N) is 4. The van der Waals surface area contributed by atoms with E-state index in [0.29, 0.717) is 11.4 Å². The summed E-state index contributed by atoms with van der Waals surface area (Å²) >= 11 is 7.35. The van der Waals surface area contributed by atoms with Crippen molar-refractivity contribution in [3.05, 3.63) is 86.6 Å². The number of aromatic nitrogens is 1. The molecule has 2 bridgehead atoms. The molecular formula is C36H43ClFN7O6S. The van der Waals surface area contributed by atoms with E-state index in [2.05, 4.69) is 26.3 Å². The van der Waals surface area contributed by atoms with Crippen molar-refractivity contribution in [2.75, 3.05) is 26.7 Å². The Labute approximate surface area is 310 Å². The van der Waals surface area contributed by atoms with E-state index >= 15 is 0 Å². The smallest absolute Gasteiger partial charge is 0.271 e. The highest BCUT2D eigenvalue weighted by molar-refractivity contribution is 7.09. The number of carbonyl (C=O) groups is 6. The molecule has 1 aromatic heterocycles. The zero-order chi connectivity index (χ0) is 38.1. The quantitative estimate of drug-likeness (QED) is 0.310. The minimum absolute atomic E-state index is 0.0185. The fraction of sp³-hybridized carbons (Fsp3) is 0.417. The van der Waals surface area contributed by atoms with Gasteiger partial charge in [0.1, 0.15) is 34.6 Å². The number of fused-ring (bicyclic) bond motifs is 2. The Kier molecular flexibility index (Phi) is 13.8. The van der Waals surface area contributed by atoms with Gasteiger partial charge in [0.15, 0.2) is 0 Å². The maximum Gasteiger partial charge on any atom is 0.271 e. The van der Waals surface area contributed by atoms with Crippen LogP contribution in [0.1, 0.15) is 60.4 Å². The maximum atomic E-state index is 14.7. The summed E-state index contributed by atoms with van der Waals surface area (Å²) in [5.74, 6) is -4.59.